The molecule has 1 rings (SSSR count). The Hall–Kier alpha value is -3.84. The van der Waals surface area contributed by atoms with Gasteiger partial charge >= 0.3 is 23.9 Å². The highest BCUT2D eigenvalue weighted by Crippen LogP contribution is 2.26. The predicted octanol–water partition coefficient (Wildman–Crippen LogP) is 13.8. The molecule has 71 heavy (non-hydrogen) atoms. The van der Waals surface area contributed by atoms with Crippen LogP contribution in [0, 0.1) is 0 Å². The van der Waals surface area contributed by atoms with Crippen LogP contribution in [0.2, 0.25) is 0 Å². The lowest BCUT2D eigenvalue weighted by Gasteiger charge is -2.40. The maximum absolute atomic E-state index is 13.1. The summed E-state index contributed by atoms with van der Waals surface area (Å²) in [6, 6.07) is 0. The molecule has 0 aromatic heterocycles. The number of carbonyl (C=O) groups is 4. The van der Waals surface area contributed by atoms with Crippen molar-refractivity contribution in [2.75, 3.05) is 13.2 Å². The number of unbranched alkanes of at least 4 members (excludes halogenated alkanes) is 20. The fraction of sp³-hybridized carbons (Fsp3) is 0.729. The van der Waals surface area contributed by atoms with Gasteiger partial charge in [0.05, 0.1) is 6.61 Å². The minimum atomic E-state index is -1.91. The van der Waals surface area contributed by atoms with Crippen molar-refractivity contribution in [1.29, 1.82) is 0 Å². The molecule has 1 heterocycles. The van der Waals surface area contributed by atoms with Gasteiger partial charge in [0.2, 0.25) is 0 Å². The van der Waals surface area contributed by atoms with Crippen molar-refractivity contribution >= 4 is 23.9 Å². The Balaban J connectivity index is 2.73. The molecule has 1 fully saturated rings. The van der Waals surface area contributed by atoms with Crippen molar-refractivity contribution in [3.8, 4) is 0 Å². The Labute approximate surface area is 429 Å². The monoisotopic (exact) mass is 999 g/mol. The highest BCUT2D eigenvalue weighted by molar-refractivity contribution is 5.74. The minimum absolute atomic E-state index is 0.0447. The molecule has 12 nitrogen and oxygen atoms in total. The van der Waals surface area contributed by atoms with E-state index in [1.165, 1.54) is 38.5 Å². The maximum atomic E-state index is 13.1. The van der Waals surface area contributed by atoms with Crippen molar-refractivity contribution in [2.24, 2.45) is 0 Å². The van der Waals surface area contributed by atoms with E-state index >= 15 is 0 Å². The highest BCUT2D eigenvalue weighted by Gasteiger charge is 2.50. The zero-order chi connectivity index (χ0) is 51.8. The number of carbonyl (C=O) groups excluding carboxylic acids is 3. The summed E-state index contributed by atoms with van der Waals surface area (Å²) in [7, 11) is 0. The predicted molar refractivity (Wildman–Crippen MR) is 285 cm³/mol. The number of aliphatic carboxylic acids is 1. The number of ether oxygens (including phenoxy) is 5. The summed E-state index contributed by atoms with van der Waals surface area (Å²) in [5.74, 6) is -3.18. The molecule has 0 bridgehead atoms. The minimum Gasteiger partial charge on any atom is -0.479 e. The number of aliphatic hydroxyl groups is 2. The molecule has 3 N–H and O–H groups in total. The van der Waals surface area contributed by atoms with E-state index in [4.69, 9.17) is 23.7 Å². The molecule has 0 aromatic carbocycles. The number of rotatable bonds is 46. The fourth-order valence-corrected chi connectivity index (χ4v) is 7.92. The van der Waals surface area contributed by atoms with Gasteiger partial charge < -0.3 is 39.0 Å². The van der Waals surface area contributed by atoms with Crippen molar-refractivity contribution in [3.63, 3.8) is 0 Å². The molecule has 0 amide bonds. The summed E-state index contributed by atoms with van der Waals surface area (Å²) in [6.45, 7) is 5.77. The second kappa shape index (κ2) is 47.2. The van der Waals surface area contributed by atoms with Crippen LogP contribution >= 0.6 is 0 Å². The van der Waals surface area contributed by atoms with Crippen LogP contribution < -0.4 is 0 Å². The lowest BCUT2D eigenvalue weighted by Crippen LogP contribution is -2.61. The van der Waals surface area contributed by atoms with E-state index in [1.54, 1.807) is 0 Å². The van der Waals surface area contributed by atoms with Gasteiger partial charge in [-0.2, -0.15) is 0 Å². The lowest BCUT2D eigenvalue weighted by atomic mass is 9.98. The Morgan fingerprint density at radius 3 is 1.41 bits per heavy atom. The number of hydrogen-bond donors (Lipinski definition) is 3. The van der Waals surface area contributed by atoms with E-state index in [1.807, 2.05) is 0 Å². The van der Waals surface area contributed by atoms with E-state index in [-0.39, 0.29) is 25.9 Å². The van der Waals surface area contributed by atoms with E-state index in [0.29, 0.717) is 19.3 Å². The Morgan fingerprint density at radius 2 is 0.901 bits per heavy atom. The van der Waals surface area contributed by atoms with Gasteiger partial charge in [0, 0.05) is 19.3 Å². The largest absolute Gasteiger partial charge is 0.479 e. The van der Waals surface area contributed by atoms with Crippen LogP contribution in [0.5, 0.6) is 0 Å². The Kier molecular flexibility index (Phi) is 43.3. The SMILES string of the molecule is CC/C=C\C/C=C\C/C=C\C/C=C\CCCCCCC(=O)OCC(COC1OC(C(=O)O)C(O)C(O)C1OC(=O)CCCCCCC/C=C\CCCC)OC(=O)CCCCCCC/C=C\CCCCCC. The molecular weight excluding hydrogens is 901 g/mol. The molecule has 12 heteroatoms. The topological polar surface area (TPSA) is 175 Å². The molecule has 0 aromatic rings. The third kappa shape index (κ3) is 37.6. The molecule has 1 aliphatic heterocycles. The molecule has 0 spiro atoms. The van der Waals surface area contributed by atoms with Gasteiger partial charge in [0.25, 0.3) is 0 Å². The van der Waals surface area contributed by atoms with Crippen LogP contribution in [-0.2, 0) is 42.9 Å². The van der Waals surface area contributed by atoms with Gasteiger partial charge in [-0.1, -0.05) is 177 Å². The van der Waals surface area contributed by atoms with Gasteiger partial charge in [-0.05, 0) is 103 Å². The summed E-state index contributed by atoms with van der Waals surface area (Å²) < 4.78 is 28.3. The van der Waals surface area contributed by atoms with Crippen LogP contribution in [0.1, 0.15) is 226 Å². The standard InChI is InChI=1S/C59H98O12/c1-4-7-10-13-16-19-22-24-25-26-27-29-31-33-36-39-42-45-51(60)67-48-50(69-52(61)46-43-40-37-35-32-28-23-20-17-14-11-8-5-2)49-68-59-57(55(64)54(63)56(71-59)58(65)66)70-53(62)47-44-41-38-34-30-21-18-15-12-9-6-3/h7,10,15-16,18-20,23-25,27,29,50,54-57,59,63-64H,4-6,8-9,11-14,17,21-22,26,28,30-49H2,1-3H3,(H,65,66)/b10-7-,18-15-,19-16-,23-20-,25-24-,29-27-. The molecule has 0 radical (unpaired) electrons. The second-order valence-electron chi connectivity index (χ2n) is 18.8. The molecule has 6 atom stereocenters. The zero-order valence-corrected chi connectivity index (χ0v) is 44.4. The highest BCUT2D eigenvalue weighted by atomic mass is 16.7. The van der Waals surface area contributed by atoms with E-state index in [9.17, 15) is 34.5 Å². The van der Waals surface area contributed by atoms with Crippen LogP contribution in [0.25, 0.3) is 0 Å². The van der Waals surface area contributed by atoms with Crippen molar-refractivity contribution < 1.29 is 58.2 Å². The fourth-order valence-electron chi connectivity index (χ4n) is 7.92. The Morgan fingerprint density at radius 1 is 0.479 bits per heavy atom. The van der Waals surface area contributed by atoms with Crippen LogP contribution in [0.4, 0.5) is 0 Å². The van der Waals surface area contributed by atoms with Crippen LogP contribution in [0.15, 0.2) is 72.9 Å². The van der Waals surface area contributed by atoms with E-state index in [2.05, 4.69) is 93.7 Å². The van der Waals surface area contributed by atoms with Gasteiger partial charge in [0.15, 0.2) is 24.6 Å². The summed E-state index contributed by atoms with van der Waals surface area (Å²) in [4.78, 5) is 50.9. The number of hydrogen-bond acceptors (Lipinski definition) is 11. The van der Waals surface area contributed by atoms with Crippen molar-refractivity contribution in [3.05, 3.63) is 72.9 Å². The first-order valence-corrected chi connectivity index (χ1v) is 27.9. The van der Waals surface area contributed by atoms with Crippen LogP contribution in [-0.4, -0.2) is 89.2 Å². The summed E-state index contributed by atoms with van der Waals surface area (Å²) in [6.07, 6.45) is 46.0. The van der Waals surface area contributed by atoms with E-state index < -0.39 is 67.3 Å². The van der Waals surface area contributed by atoms with Gasteiger partial charge in [0.1, 0.15) is 18.8 Å². The average Bonchev–Trinajstić information content (AvgIpc) is 3.35. The molecule has 0 aliphatic carbocycles. The smallest absolute Gasteiger partial charge is 0.335 e. The van der Waals surface area contributed by atoms with Gasteiger partial charge in [-0.3, -0.25) is 14.4 Å². The van der Waals surface area contributed by atoms with Crippen molar-refractivity contribution in [1.82, 2.24) is 0 Å². The third-order valence-corrected chi connectivity index (χ3v) is 12.2. The summed E-state index contributed by atoms with van der Waals surface area (Å²) >= 11 is 0. The number of carboxylic acid groups (broad SMARTS) is 1. The number of allylic oxidation sites excluding steroid dienone is 12. The first-order chi connectivity index (χ1) is 34.6. The molecular formula is C59H98O12. The zero-order valence-electron chi connectivity index (χ0n) is 44.4. The molecule has 6 unspecified atom stereocenters. The van der Waals surface area contributed by atoms with Gasteiger partial charge in [-0.15, -0.1) is 0 Å². The van der Waals surface area contributed by atoms with Crippen molar-refractivity contribution in [2.45, 2.75) is 263 Å². The Bertz CT molecular complexity index is 1510. The number of aliphatic hydroxyl groups excluding tert-OH is 2. The number of carboxylic acids is 1. The molecule has 1 aliphatic rings. The maximum Gasteiger partial charge on any atom is 0.335 e. The van der Waals surface area contributed by atoms with E-state index in [0.717, 1.165) is 128 Å². The molecule has 0 saturated carbocycles. The summed E-state index contributed by atoms with van der Waals surface area (Å²) in [5, 5.41) is 31.4. The van der Waals surface area contributed by atoms with Gasteiger partial charge in [-0.25, -0.2) is 4.79 Å². The second-order valence-corrected chi connectivity index (χ2v) is 18.8. The average molecular weight is 999 g/mol. The first kappa shape index (κ1) is 65.2. The molecule has 1 saturated heterocycles. The molecule has 406 valence electrons. The van der Waals surface area contributed by atoms with Crippen LogP contribution in [0.3, 0.4) is 0 Å². The normalized spacial score (nSPS) is 19.0. The third-order valence-electron chi connectivity index (χ3n) is 12.2. The lowest BCUT2D eigenvalue weighted by molar-refractivity contribution is -0.301. The summed E-state index contributed by atoms with van der Waals surface area (Å²) in [5.41, 5.74) is 0. The first-order valence-electron chi connectivity index (χ1n) is 27.9. The quantitative estimate of drug-likeness (QED) is 0.0228. The number of esters is 3.